The van der Waals surface area contributed by atoms with E-state index in [1.807, 2.05) is 20.8 Å². The molecule has 1 saturated heterocycles. The van der Waals surface area contributed by atoms with Gasteiger partial charge in [0.1, 0.15) is 5.60 Å². The van der Waals surface area contributed by atoms with Gasteiger partial charge < -0.3 is 4.74 Å². The fraction of sp³-hybridized carbons (Fsp3) is 0.480. The minimum absolute atomic E-state index is 0.130. The van der Waals surface area contributed by atoms with Crippen LogP contribution in [0.3, 0.4) is 0 Å². The summed E-state index contributed by atoms with van der Waals surface area (Å²) in [6.07, 6.45) is 0.814. The van der Waals surface area contributed by atoms with Crippen molar-refractivity contribution in [1.29, 1.82) is 0 Å². The Kier molecular flexibility index (Phi) is 7.72. The van der Waals surface area contributed by atoms with Crippen molar-refractivity contribution in [3.63, 3.8) is 0 Å². The monoisotopic (exact) mass is 472 g/mol. The number of ether oxygens (including phenoxy) is 1. The summed E-state index contributed by atoms with van der Waals surface area (Å²) in [6, 6.07) is 19.8. The molecule has 2 aromatic carbocycles. The predicted octanol–water partition coefficient (Wildman–Crippen LogP) is 5.28. The van der Waals surface area contributed by atoms with Crippen molar-refractivity contribution < 1.29 is 9.53 Å². The van der Waals surface area contributed by atoms with Crippen LogP contribution in [0, 0.1) is 0 Å². The fourth-order valence-electron chi connectivity index (χ4n) is 3.97. The lowest BCUT2D eigenvalue weighted by Gasteiger charge is -2.43. The highest BCUT2D eigenvalue weighted by atomic mass is 79.9. The van der Waals surface area contributed by atoms with E-state index in [0.717, 1.165) is 30.5 Å². The highest BCUT2D eigenvalue weighted by Crippen LogP contribution is 2.31. The first-order chi connectivity index (χ1) is 14.3. The summed E-state index contributed by atoms with van der Waals surface area (Å²) in [5.41, 5.74) is 2.18. The SMILES string of the molecule is CCC(C)(C)OC(=O)CN1CCN([C@@H](c2ccccc2)c2ccc(Br)cc2)C[C@H]1C. The molecule has 1 aliphatic heterocycles. The number of nitrogens with zero attached hydrogens (tertiary/aromatic N) is 2. The van der Waals surface area contributed by atoms with E-state index in [4.69, 9.17) is 4.74 Å². The van der Waals surface area contributed by atoms with E-state index in [0.29, 0.717) is 6.54 Å². The molecule has 5 heteroatoms. The van der Waals surface area contributed by atoms with Gasteiger partial charge >= 0.3 is 5.97 Å². The molecule has 2 aromatic rings. The molecule has 0 aromatic heterocycles. The molecule has 0 saturated carbocycles. The van der Waals surface area contributed by atoms with Gasteiger partial charge in [0.05, 0.1) is 12.6 Å². The molecule has 2 atom stereocenters. The maximum Gasteiger partial charge on any atom is 0.320 e. The molecular formula is C25H33BrN2O2. The molecule has 0 radical (unpaired) electrons. The molecule has 0 amide bonds. The van der Waals surface area contributed by atoms with Gasteiger partial charge in [0.2, 0.25) is 0 Å². The number of piperazine rings is 1. The minimum Gasteiger partial charge on any atom is -0.459 e. The summed E-state index contributed by atoms with van der Waals surface area (Å²) in [7, 11) is 0. The third-order valence-corrected chi connectivity index (χ3v) is 6.57. The molecule has 1 fully saturated rings. The predicted molar refractivity (Wildman–Crippen MR) is 125 cm³/mol. The molecule has 0 spiro atoms. The van der Waals surface area contributed by atoms with E-state index in [9.17, 15) is 4.79 Å². The Morgan fingerprint density at radius 1 is 1.10 bits per heavy atom. The van der Waals surface area contributed by atoms with Crippen LogP contribution in [-0.4, -0.2) is 53.6 Å². The van der Waals surface area contributed by atoms with E-state index in [1.165, 1.54) is 11.1 Å². The number of benzene rings is 2. The molecular weight excluding hydrogens is 440 g/mol. The van der Waals surface area contributed by atoms with E-state index in [2.05, 4.69) is 87.3 Å². The van der Waals surface area contributed by atoms with Crippen LogP contribution in [0.15, 0.2) is 59.1 Å². The highest BCUT2D eigenvalue weighted by Gasteiger charge is 2.32. The average Bonchev–Trinajstić information content (AvgIpc) is 2.72. The molecule has 30 heavy (non-hydrogen) atoms. The number of rotatable bonds is 7. The molecule has 0 N–H and O–H groups in total. The topological polar surface area (TPSA) is 32.8 Å². The Morgan fingerprint density at radius 2 is 1.73 bits per heavy atom. The van der Waals surface area contributed by atoms with E-state index < -0.39 is 5.60 Å². The van der Waals surface area contributed by atoms with Gasteiger partial charge in [-0.3, -0.25) is 14.6 Å². The van der Waals surface area contributed by atoms with Gasteiger partial charge in [-0.15, -0.1) is 0 Å². The number of carbonyl (C=O) groups is 1. The van der Waals surface area contributed by atoms with Crippen LogP contribution >= 0.6 is 15.9 Å². The summed E-state index contributed by atoms with van der Waals surface area (Å²) >= 11 is 3.55. The summed E-state index contributed by atoms with van der Waals surface area (Å²) in [5.74, 6) is -0.130. The number of hydrogen-bond donors (Lipinski definition) is 0. The molecule has 4 nitrogen and oxygen atoms in total. The van der Waals surface area contributed by atoms with Gasteiger partial charge in [0.15, 0.2) is 0 Å². The van der Waals surface area contributed by atoms with Gasteiger partial charge in [-0.05, 0) is 50.5 Å². The molecule has 0 bridgehead atoms. The summed E-state index contributed by atoms with van der Waals surface area (Å²) in [6.45, 7) is 11.2. The first-order valence-corrected chi connectivity index (χ1v) is 11.6. The first-order valence-electron chi connectivity index (χ1n) is 10.8. The van der Waals surface area contributed by atoms with Crippen LogP contribution in [0.1, 0.15) is 51.3 Å². The molecule has 1 aliphatic rings. The van der Waals surface area contributed by atoms with Crippen LogP contribution < -0.4 is 0 Å². The summed E-state index contributed by atoms with van der Waals surface area (Å²) < 4.78 is 6.75. The van der Waals surface area contributed by atoms with Crippen LogP contribution in [0.4, 0.5) is 0 Å². The Bertz CT molecular complexity index is 823. The van der Waals surface area contributed by atoms with Gasteiger partial charge in [0.25, 0.3) is 0 Å². The van der Waals surface area contributed by atoms with Crippen molar-refractivity contribution in [2.75, 3.05) is 26.2 Å². The Morgan fingerprint density at radius 3 is 2.33 bits per heavy atom. The van der Waals surface area contributed by atoms with Crippen LogP contribution in [0.25, 0.3) is 0 Å². The second-order valence-electron chi connectivity index (χ2n) is 8.77. The Balaban J connectivity index is 1.72. The number of esters is 1. The van der Waals surface area contributed by atoms with Crippen molar-refractivity contribution in [3.8, 4) is 0 Å². The molecule has 1 heterocycles. The van der Waals surface area contributed by atoms with E-state index in [1.54, 1.807) is 0 Å². The second-order valence-corrected chi connectivity index (χ2v) is 9.68. The van der Waals surface area contributed by atoms with Crippen molar-refractivity contribution in [2.45, 2.75) is 51.8 Å². The zero-order chi connectivity index (χ0) is 21.7. The van der Waals surface area contributed by atoms with Crippen LogP contribution in [0.2, 0.25) is 0 Å². The minimum atomic E-state index is -0.401. The molecule has 162 valence electrons. The lowest BCUT2D eigenvalue weighted by molar-refractivity contribution is -0.159. The maximum atomic E-state index is 12.4. The lowest BCUT2D eigenvalue weighted by atomic mass is 9.95. The number of halogens is 1. The highest BCUT2D eigenvalue weighted by molar-refractivity contribution is 9.10. The third kappa shape index (κ3) is 5.93. The summed E-state index contributed by atoms with van der Waals surface area (Å²) in [5, 5.41) is 0. The van der Waals surface area contributed by atoms with Gasteiger partial charge in [0, 0.05) is 30.1 Å². The normalized spacial score (nSPS) is 19.4. The zero-order valence-corrected chi connectivity index (χ0v) is 20.1. The van der Waals surface area contributed by atoms with Crippen molar-refractivity contribution in [2.24, 2.45) is 0 Å². The Labute approximate surface area is 189 Å². The zero-order valence-electron chi connectivity index (χ0n) is 18.5. The fourth-order valence-corrected chi connectivity index (χ4v) is 4.23. The summed E-state index contributed by atoms with van der Waals surface area (Å²) in [4.78, 5) is 17.2. The first kappa shape index (κ1) is 23.0. The Hall–Kier alpha value is -1.69. The quantitative estimate of drug-likeness (QED) is 0.513. The molecule has 0 aliphatic carbocycles. The standard InChI is InChI=1S/C25H33BrN2O2/c1-5-25(3,4)30-23(29)18-27-15-16-28(17-19(27)2)24(20-9-7-6-8-10-20)21-11-13-22(26)14-12-21/h6-14,19,24H,5,15-18H2,1-4H3/t19-,24+/m1/s1. The smallest absolute Gasteiger partial charge is 0.320 e. The van der Waals surface area contributed by atoms with Gasteiger partial charge in [-0.1, -0.05) is 65.3 Å². The van der Waals surface area contributed by atoms with Crippen LogP contribution in [0.5, 0.6) is 0 Å². The number of carbonyl (C=O) groups excluding carboxylic acids is 1. The van der Waals surface area contributed by atoms with Crippen molar-refractivity contribution in [1.82, 2.24) is 9.80 Å². The van der Waals surface area contributed by atoms with Crippen molar-refractivity contribution in [3.05, 3.63) is 70.2 Å². The molecule has 3 rings (SSSR count). The lowest BCUT2D eigenvalue weighted by Crippen LogP contribution is -2.54. The number of hydrogen-bond acceptors (Lipinski definition) is 4. The largest absolute Gasteiger partial charge is 0.459 e. The third-order valence-electron chi connectivity index (χ3n) is 6.04. The second kappa shape index (κ2) is 10.1. The van der Waals surface area contributed by atoms with Gasteiger partial charge in [-0.2, -0.15) is 0 Å². The van der Waals surface area contributed by atoms with Crippen molar-refractivity contribution >= 4 is 21.9 Å². The van der Waals surface area contributed by atoms with E-state index >= 15 is 0 Å². The van der Waals surface area contributed by atoms with E-state index in [-0.39, 0.29) is 18.1 Å². The molecule has 0 unspecified atom stereocenters. The average molecular weight is 473 g/mol. The maximum absolute atomic E-state index is 12.4. The van der Waals surface area contributed by atoms with Crippen LogP contribution in [-0.2, 0) is 9.53 Å². The van der Waals surface area contributed by atoms with Gasteiger partial charge in [-0.25, -0.2) is 0 Å².